The van der Waals surface area contributed by atoms with Crippen LogP contribution in [0.15, 0.2) is 66.7 Å². The van der Waals surface area contributed by atoms with Crippen molar-refractivity contribution in [2.45, 2.75) is 0 Å². The number of aromatic hydroxyl groups is 2. The van der Waals surface area contributed by atoms with Crippen LogP contribution in [-0.2, 0) is 0 Å². The maximum Gasteiger partial charge on any atom is 0.167 e. The second-order valence-corrected chi connectivity index (χ2v) is 6.46. The van der Waals surface area contributed by atoms with Crippen molar-refractivity contribution < 1.29 is 19.7 Å². The van der Waals surface area contributed by atoms with E-state index in [4.69, 9.17) is 9.47 Å². The van der Waals surface area contributed by atoms with Gasteiger partial charge in [-0.25, -0.2) is 15.0 Å². The number of nitrogens with zero attached hydrogens (tertiary/aromatic N) is 3. The predicted octanol–water partition coefficient (Wildman–Crippen LogP) is 4.30. The molecule has 1 aromatic heterocycles. The van der Waals surface area contributed by atoms with Gasteiger partial charge in [0.2, 0.25) is 0 Å². The maximum atomic E-state index is 10.5. The fourth-order valence-corrected chi connectivity index (χ4v) is 2.93. The summed E-state index contributed by atoms with van der Waals surface area (Å²) in [6.07, 6.45) is 0. The molecule has 4 rings (SSSR count). The fourth-order valence-electron chi connectivity index (χ4n) is 2.93. The van der Waals surface area contributed by atoms with E-state index in [1.807, 2.05) is 24.3 Å². The second-order valence-electron chi connectivity index (χ2n) is 6.46. The molecule has 1 heterocycles. The number of hydrogen-bond donors (Lipinski definition) is 2. The summed E-state index contributed by atoms with van der Waals surface area (Å²) < 4.78 is 10.4. The number of ether oxygens (including phenoxy) is 2. The Kier molecular flexibility index (Phi) is 5.17. The molecule has 0 bridgehead atoms. The van der Waals surface area contributed by atoms with Gasteiger partial charge in [0, 0.05) is 17.2 Å². The Hall–Kier alpha value is -4.13. The molecule has 0 amide bonds. The van der Waals surface area contributed by atoms with E-state index >= 15 is 0 Å². The summed E-state index contributed by atoms with van der Waals surface area (Å²) in [6, 6.07) is 18.9. The molecule has 0 aliphatic rings. The van der Waals surface area contributed by atoms with E-state index in [0.29, 0.717) is 34.3 Å². The highest BCUT2D eigenvalue weighted by molar-refractivity contribution is 5.70. The second kappa shape index (κ2) is 8.08. The molecule has 3 aromatic carbocycles. The van der Waals surface area contributed by atoms with Crippen molar-refractivity contribution in [1.29, 1.82) is 0 Å². The van der Waals surface area contributed by atoms with E-state index in [0.717, 1.165) is 11.3 Å². The van der Waals surface area contributed by atoms with Crippen molar-refractivity contribution in [1.82, 2.24) is 15.0 Å². The average molecular weight is 401 g/mol. The number of aromatic nitrogens is 3. The van der Waals surface area contributed by atoms with Gasteiger partial charge in [0.25, 0.3) is 0 Å². The topological polar surface area (TPSA) is 97.6 Å². The van der Waals surface area contributed by atoms with Crippen molar-refractivity contribution >= 4 is 0 Å². The molecule has 0 spiro atoms. The molecule has 0 atom stereocenters. The minimum absolute atomic E-state index is 0.00196. The molecule has 2 N–H and O–H groups in total. The molecule has 0 aliphatic carbocycles. The van der Waals surface area contributed by atoms with Crippen LogP contribution in [0.1, 0.15) is 0 Å². The summed E-state index contributed by atoms with van der Waals surface area (Å²) in [5.74, 6) is 2.58. The standard InChI is InChI=1S/C23H19N3O4/c1-29-17-9-5-15(6-10-17)22-24-21(14-3-7-16(27)8-4-14)25-23(26-22)19-12-11-18(30-2)13-20(19)28/h3-13,27-28H,1-2H3. The van der Waals surface area contributed by atoms with Crippen LogP contribution in [-0.4, -0.2) is 39.4 Å². The Morgan fingerprint density at radius 1 is 0.600 bits per heavy atom. The maximum absolute atomic E-state index is 10.5. The van der Waals surface area contributed by atoms with Gasteiger partial charge >= 0.3 is 0 Å². The van der Waals surface area contributed by atoms with Crippen LogP contribution in [0.25, 0.3) is 34.2 Å². The van der Waals surface area contributed by atoms with Crippen LogP contribution in [0.5, 0.6) is 23.0 Å². The van der Waals surface area contributed by atoms with Gasteiger partial charge in [-0.2, -0.15) is 0 Å². The van der Waals surface area contributed by atoms with Gasteiger partial charge in [0.05, 0.1) is 19.8 Å². The normalized spacial score (nSPS) is 10.6. The van der Waals surface area contributed by atoms with Gasteiger partial charge in [-0.1, -0.05) is 0 Å². The van der Waals surface area contributed by atoms with Gasteiger partial charge in [-0.05, 0) is 60.7 Å². The summed E-state index contributed by atoms with van der Waals surface area (Å²) >= 11 is 0. The molecule has 0 radical (unpaired) electrons. The molecule has 150 valence electrons. The van der Waals surface area contributed by atoms with Crippen molar-refractivity contribution in [2.24, 2.45) is 0 Å². The van der Waals surface area contributed by atoms with E-state index in [1.165, 1.54) is 13.2 Å². The van der Waals surface area contributed by atoms with E-state index in [1.54, 1.807) is 43.5 Å². The Labute approximate surface area is 173 Å². The van der Waals surface area contributed by atoms with Crippen LogP contribution in [0.3, 0.4) is 0 Å². The van der Waals surface area contributed by atoms with Crippen LogP contribution >= 0.6 is 0 Å². The monoisotopic (exact) mass is 401 g/mol. The van der Waals surface area contributed by atoms with Crippen LogP contribution < -0.4 is 9.47 Å². The molecule has 7 nitrogen and oxygen atoms in total. The van der Waals surface area contributed by atoms with E-state index in [-0.39, 0.29) is 11.5 Å². The largest absolute Gasteiger partial charge is 0.508 e. The molecule has 7 heteroatoms. The van der Waals surface area contributed by atoms with E-state index < -0.39 is 0 Å². The average Bonchev–Trinajstić information content (AvgIpc) is 2.79. The first kappa shape index (κ1) is 19.2. The smallest absolute Gasteiger partial charge is 0.167 e. The van der Waals surface area contributed by atoms with Gasteiger partial charge < -0.3 is 19.7 Å². The van der Waals surface area contributed by atoms with Gasteiger partial charge in [-0.3, -0.25) is 0 Å². The fraction of sp³-hybridized carbons (Fsp3) is 0.0870. The van der Waals surface area contributed by atoms with E-state index in [9.17, 15) is 10.2 Å². The first-order chi connectivity index (χ1) is 14.6. The highest BCUT2D eigenvalue weighted by atomic mass is 16.5. The third kappa shape index (κ3) is 3.86. The van der Waals surface area contributed by atoms with Crippen molar-refractivity contribution in [2.75, 3.05) is 14.2 Å². The number of phenols is 2. The number of rotatable bonds is 5. The lowest BCUT2D eigenvalue weighted by Gasteiger charge is -2.10. The molecule has 0 saturated carbocycles. The summed E-state index contributed by atoms with van der Waals surface area (Å²) in [7, 11) is 3.13. The lowest BCUT2D eigenvalue weighted by Crippen LogP contribution is -2.00. The molecule has 0 unspecified atom stereocenters. The molecule has 0 fully saturated rings. The Balaban J connectivity index is 1.88. The summed E-state index contributed by atoms with van der Waals surface area (Å²) in [5.41, 5.74) is 1.93. The minimum atomic E-state index is -0.00196. The lowest BCUT2D eigenvalue weighted by atomic mass is 10.1. The number of methoxy groups -OCH3 is 2. The zero-order valence-corrected chi connectivity index (χ0v) is 16.4. The first-order valence-electron chi connectivity index (χ1n) is 9.14. The highest BCUT2D eigenvalue weighted by Gasteiger charge is 2.15. The van der Waals surface area contributed by atoms with Crippen LogP contribution in [0.4, 0.5) is 0 Å². The zero-order chi connectivity index (χ0) is 21.1. The van der Waals surface area contributed by atoms with Crippen molar-refractivity contribution in [3.8, 4) is 57.2 Å². The SMILES string of the molecule is COc1ccc(-c2nc(-c3ccc(O)cc3)nc(-c3ccc(OC)cc3O)n2)cc1. The van der Waals surface area contributed by atoms with Gasteiger partial charge in [0.15, 0.2) is 17.5 Å². The molecule has 0 saturated heterocycles. The zero-order valence-electron chi connectivity index (χ0n) is 16.4. The third-order valence-corrected chi connectivity index (χ3v) is 4.55. The molecular formula is C23H19N3O4. The quantitative estimate of drug-likeness (QED) is 0.514. The van der Waals surface area contributed by atoms with Crippen LogP contribution in [0.2, 0.25) is 0 Å². The van der Waals surface area contributed by atoms with Gasteiger partial charge in [0.1, 0.15) is 23.0 Å². The Morgan fingerprint density at radius 2 is 1.10 bits per heavy atom. The van der Waals surface area contributed by atoms with Crippen molar-refractivity contribution in [3.05, 3.63) is 66.7 Å². The number of phenolic OH excluding ortho intramolecular Hbond substituents is 2. The molecular weight excluding hydrogens is 382 g/mol. The highest BCUT2D eigenvalue weighted by Crippen LogP contribution is 2.33. The minimum Gasteiger partial charge on any atom is -0.508 e. The summed E-state index contributed by atoms with van der Waals surface area (Å²) in [5, 5.41) is 20.1. The number of benzene rings is 3. The van der Waals surface area contributed by atoms with Gasteiger partial charge in [-0.15, -0.1) is 0 Å². The Morgan fingerprint density at radius 3 is 1.63 bits per heavy atom. The summed E-state index contributed by atoms with van der Waals surface area (Å²) in [4.78, 5) is 13.7. The Bertz CT molecular complexity index is 1180. The first-order valence-corrected chi connectivity index (χ1v) is 9.14. The predicted molar refractivity (Wildman–Crippen MR) is 113 cm³/mol. The van der Waals surface area contributed by atoms with E-state index in [2.05, 4.69) is 15.0 Å². The summed E-state index contributed by atoms with van der Waals surface area (Å²) in [6.45, 7) is 0. The third-order valence-electron chi connectivity index (χ3n) is 4.55. The van der Waals surface area contributed by atoms with Crippen LogP contribution in [0, 0.1) is 0 Å². The number of hydrogen-bond acceptors (Lipinski definition) is 7. The van der Waals surface area contributed by atoms with Crippen molar-refractivity contribution in [3.63, 3.8) is 0 Å². The molecule has 0 aliphatic heterocycles. The molecule has 4 aromatic rings. The lowest BCUT2D eigenvalue weighted by molar-refractivity contribution is 0.408. The molecule has 30 heavy (non-hydrogen) atoms.